The Kier molecular flexibility index (Phi) is 5.43. The average Bonchev–Trinajstić information content (AvgIpc) is 2.76. The Bertz CT molecular complexity index is 781. The molecule has 5 fully saturated rings. The van der Waals surface area contributed by atoms with Gasteiger partial charge in [-0.1, -0.05) is 13.8 Å². The Morgan fingerprint density at radius 1 is 0.968 bits per heavy atom. The summed E-state index contributed by atoms with van der Waals surface area (Å²) < 4.78 is 0. The summed E-state index contributed by atoms with van der Waals surface area (Å²) in [6.07, 6.45) is 10.9. The Hall–Kier alpha value is -2.11. The van der Waals surface area contributed by atoms with E-state index in [1.807, 2.05) is 17.3 Å². The molecule has 4 aliphatic carbocycles. The second-order valence-corrected chi connectivity index (χ2v) is 11.0. The van der Waals surface area contributed by atoms with Crippen molar-refractivity contribution < 1.29 is 14.6 Å². The molecular formula is C25H37N4O2+. The molecule has 1 saturated heterocycles. The number of carbonyl (C=O) groups is 2. The molecule has 1 aliphatic heterocycles. The van der Waals surface area contributed by atoms with Gasteiger partial charge in [-0.2, -0.15) is 0 Å². The van der Waals surface area contributed by atoms with Gasteiger partial charge in [0.15, 0.2) is 12.4 Å². The summed E-state index contributed by atoms with van der Waals surface area (Å²) in [5.74, 6) is 2.54. The molecule has 6 heteroatoms. The molecule has 31 heavy (non-hydrogen) atoms. The molecule has 4 bridgehead atoms. The molecular weight excluding hydrogens is 388 g/mol. The van der Waals surface area contributed by atoms with Crippen molar-refractivity contribution in [1.82, 2.24) is 10.2 Å². The Morgan fingerprint density at radius 2 is 1.52 bits per heavy atom. The van der Waals surface area contributed by atoms with Crippen molar-refractivity contribution in [2.24, 2.45) is 29.1 Å². The van der Waals surface area contributed by atoms with Crippen LogP contribution >= 0.6 is 0 Å². The predicted octanol–water partition coefficient (Wildman–Crippen LogP) is 2.51. The molecule has 2 heterocycles. The third kappa shape index (κ3) is 3.94. The van der Waals surface area contributed by atoms with Crippen LogP contribution in [0.2, 0.25) is 0 Å². The summed E-state index contributed by atoms with van der Waals surface area (Å²) >= 11 is 0. The molecule has 2 amide bonds. The van der Waals surface area contributed by atoms with Crippen molar-refractivity contribution in [2.45, 2.75) is 58.4 Å². The van der Waals surface area contributed by atoms with Gasteiger partial charge in [0.1, 0.15) is 6.04 Å². The van der Waals surface area contributed by atoms with E-state index >= 15 is 0 Å². The van der Waals surface area contributed by atoms with Crippen LogP contribution < -0.4 is 15.2 Å². The summed E-state index contributed by atoms with van der Waals surface area (Å²) in [6.45, 7) is 7.16. The number of anilines is 1. The van der Waals surface area contributed by atoms with Crippen molar-refractivity contribution >= 4 is 17.5 Å². The van der Waals surface area contributed by atoms with E-state index in [1.165, 1.54) is 24.9 Å². The van der Waals surface area contributed by atoms with Crippen molar-refractivity contribution in [2.75, 3.05) is 31.1 Å². The molecule has 0 radical (unpaired) electrons. The van der Waals surface area contributed by atoms with Gasteiger partial charge in [-0.3, -0.25) is 9.59 Å². The van der Waals surface area contributed by atoms with Gasteiger partial charge in [-0.25, -0.2) is 4.98 Å². The predicted molar refractivity (Wildman–Crippen MR) is 119 cm³/mol. The molecule has 1 aromatic rings. The van der Waals surface area contributed by atoms with Crippen LogP contribution in [0.25, 0.3) is 0 Å². The van der Waals surface area contributed by atoms with Crippen LogP contribution in [-0.4, -0.2) is 48.9 Å². The van der Waals surface area contributed by atoms with E-state index in [9.17, 15) is 9.59 Å². The molecule has 1 aromatic heterocycles. The standard InChI is InChI=1S/C25H36N4O2/c1-17(2)22(23(30)29-9-7-28(8-10-29)21-3-5-26-6-4-21)27-24(31)25-14-18-11-19(15-25)13-20(12-18)16-25/h3-6,17-20,22H,7-16H2,1-2H3,(H,27,31)/p+1/t18?,19?,20?,22-,25?/m0/s1. The highest BCUT2D eigenvalue weighted by molar-refractivity contribution is 5.90. The fourth-order valence-electron chi connectivity index (χ4n) is 7.17. The summed E-state index contributed by atoms with van der Waals surface area (Å²) in [6, 6.07) is 3.72. The van der Waals surface area contributed by atoms with Crippen LogP contribution in [0.4, 0.5) is 5.69 Å². The highest BCUT2D eigenvalue weighted by Gasteiger charge is 2.55. The maximum atomic E-state index is 13.5. The minimum Gasteiger partial charge on any atom is -0.368 e. The number of hydrogen-bond donors (Lipinski definition) is 1. The average molecular weight is 426 g/mol. The van der Waals surface area contributed by atoms with Crippen LogP contribution in [0, 0.1) is 29.1 Å². The monoisotopic (exact) mass is 425 g/mol. The molecule has 4 saturated carbocycles. The summed E-state index contributed by atoms with van der Waals surface area (Å²) in [7, 11) is 0. The number of aromatic amines is 1. The SMILES string of the molecule is CC(C)[C@H](NC(=O)C12CC3CC(CC(C3)C1)C2)C(=O)N1CCN(c2cc[nH+]cc2)CC1. The maximum absolute atomic E-state index is 13.5. The highest BCUT2D eigenvalue weighted by atomic mass is 16.2. The minimum atomic E-state index is -0.418. The number of carbonyl (C=O) groups excluding carboxylic acids is 2. The zero-order valence-electron chi connectivity index (χ0n) is 19.0. The molecule has 5 aliphatic rings. The first-order valence-electron chi connectivity index (χ1n) is 12.2. The number of hydrogen-bond acceptors (Lipinski definition) is 3. The first-order chi connectivity index (χ1) is 14.9. The van der Waals surface area contributed by atoms with Crippen LogP contribution in [0.1, 0.15) is 52.4 Å². The maximum Gasteiger partial charge on any atom is 0.245 e. The number of nitrogens with one attached hydrogen (secondary N) is 2. The molecule has 6 nitrogen and oxygen atoms in total. The number of H-pyrrole nitrogens is 1. The molecule has 2 N–H and O–H groups in total. The van der Waals surface area contributed by atoms with Crippen LogP contribution in [0.3, 0.4) is 0 Å². The second kappa shape index (κ2) is 8.10. The highest BCUT2D eigenvalue weighted by Crippen LogP contribution is 2.60. The van der Waals surface area contributed by atoms with Gasteiger partial charge in [0.25, 0.3) is 0 Å². The third-order valence-corrected chi connectivity index (χ3v) is 8.40. The lowest BCUT2D eigenvalue weighted by atomic mass is 9.49. The molecule has 0 spiro atoms. The number of pyridine rings is 1. The van der Waals surface area contributed by atoms with Gasteiger partial charge in [0, 0.05) is 49.4 Å². The number of amides is 2. The van der Waals surface area contributed by atoms with Crippen LogP contribution in [0.5, 0.6) is 0 Å². The van der Waals surface area contributed by atoms with Gasteiger partial charge < -0.3 is 15.1 Å². The largest absolute Gasteiger partial charge is 0.368 e. The van der Waals surface area contributed by atoms with Gasteiger partial charge >= 0.3 is 0 Å². The van der Waals surface area contributed by atoms with Crippen molar-refractivity contribution in [3.63, 3.8) is 0 Å². The second-order valence-electron chi connectivity index (χ2n) is 11.0. The zero-order valence-corrected chi connectivity index (χ0v) is 19.0. The summed E-state index contributed by atoms with van der Waals surface area (Å²) in [5.41, 5.74) is 0.979. The lowest BCUT2D eigenvalue weighted by molar-refractivity contribution is -0.377. The Labute approximate surface area is 185 Å². The van der Waals surface area contributed by atoms with Gasteiger partial charge in [-0.15, -0.1) is 0 Å². The number of aromatic nitrogens is 1. The van der Waals surface area contributed by atoms with E-state index in [0.717, 1.165) is 50.1 Å². The zero-order chi connectivity index (χ0) is 21.6. The third-order valence-electron chi connectivity index (χ3n) is 8.40. The van der Waals surface area contributed by atoms with E-state index in [-0.39, 0.29) is 23.1 Å². The first-order valence-corrected chi connectivity index (χ1v) is 12.2. The Morgan fingerprint density at radius 3 is 2.03 bits per heavy atom. The molecule has 6 rings (SSSR count). The van der Waals surface area contributed by atoms with Crippen molar-refractivity contribution in [1.29, 1.82) is 0 Å². The fraction of sp³-hybridized carbons (Fsp3) is 0.720. The van der Waals surface area contributed by atoms with E-state index in [0.29, 0.717) is 13.1 Å². The fourth-order valence-corrected chi connectivity index (χ4v) is 7.17. The van der Waals surface area contributed by atoms with Gasteiger partial charge in [-0.05, 0) is 62.2 Å². The minimum absolute atomic E-state index is 0.0908. The lowest BCUT2D eigenvalue weighted by Crippen LogP contribution is -2.60. The van der Waals surface area contributed by atoms with E-state index < -0.39 is 6.04 Å². The van der Waals surface area contributed by atoms with Crippen LogP contribution in [-0.2, 0) is 9.59 Å². The number of nitrogens with zero attached hydrogens (tertiary/aromatic N) is 2. The molecule has 168 valence electrons. The number of rotatable bonds is 5. The Balaban J connectivity index is 1.23. The smallest absolute Gasteiger partial charge is 0.245 e. The first kappa shape index (κ1) is 20.8. The van der Waals surface area contributed by atoms with E-state index in [1.54, 1.807) is 0 Å². The lowest BCUT2D eigenvalue weighted by Gasteiger charge is -2.56. The molecule has 1 atom stereocenters. The molecule has 0 aromatic carbocycles. The van der Waals surface area contributed by atoms with Gasteiger partial charge in [0.2, 0.25) is 11.8 Å². The van der Waals surface area contributed by atoms with E-state index in [2.05, 4.69) is 41.2 Å². The topological polar surface area (TPSA) is 66.8 Å². The van der Waals surface area contributed by atoms with E-state index in [4.69, 9.17) is 0 Å². The van der Waals surface area contributed by atoms with Gasteiger partial charge in [0.05, 0.1) is 0 Å². The van der Waals surface area contributed by atoms with Crippen molar-refractivity contribution in [3.8, 4) is 0 Å². The van der Waals surface area contributed by atoms with Crippen molar-refractivity contribution in [3.05, 3.63) is 24.5 Å². The summed E-state index contributed by atoms with van der Waals surface area (Å²) in [4.78, 5) is 34.3. The quantitative estimate of drug-likeness (QED) is 0.788. The normalized spacial score (nSPS) is 32.9. The summed E-state index contributed by atoms with van der Waals surface area (Å²) in [5, 5.41) is 3.27. The number of piperazine rings is 1. The van der Waals surface area contributed by atoms with Crippen LogP contribution in [0.15, 0.2) is 24.5 Å². The molecule has 0 unspecified atom stereocenters.